The zero-order valence-corrected chi connectivity index (χ0v) is 13.5. The Morgan fingerprint density at radius 1 is 1.16 bits per heavy atom. The number of nitro groups is 1. The number of carbonyl (C=O) groups excluding carboxylic acids is 1. The maximum atomic E-state index is 12.4. The molecular formula is C18H17N3O4. The Kier molecular flexibility index (Phi) is 4.74. The van der Waals surface area contributed by atoms with Crippen molar-refractivity contribution in [3.8, 4) is 0 Å². The molecule has 0 aliphatic carbocycles. The van der Waals surface area contributed by atoms with Gasteiger partial charge >= 0.3 is 0 Å². The molecule has 1 aliphatic heterocycles. The van der Waals surface area contributed by atoms with E-state index in [0.717, 1.165) is 34.9 Å². The van der Waals surface area contributed by atoms with Crippen LogP contribution in [0.5, 0.6) is 0 Å². The Morgan fingerprint density at radius 2 is 1.92 bits per heavy atom. The van der Waals surface area contributed by atoms with Crippen molar-refractivity contribution in [3.63, 3.8) is 0 Å². The Balaban J connectivity index is 1.69. The third-order valence-corrected chi connectivity index (χ3v) is 4.19. The second-order valence-electron chi connectivity index (χ2n) is 5.80. The molecule has 1 amide bonds. The zero-order valence-electron chi connectivity index (χ0n) is 13.5. The summed E-state index contributed by atoms with van der Waals surface area (Å²) in [5.41, 5.74) is 1.69. The number of benzene rings is 1. The molecule has 25 heavy (non-hydrogen) atoms. The standard InChI is InChI=1S/C18H17N3O4/c22-17-7-6-16(21(24)25)12-20(17)13-18(23)19-10-8-15(9-11-19)14-4-2-1-3-5-14/h1-8,12H,9-11,13H2. The molecule has 1 aromatic heterocycles. The predicted molar refractivity (Wildman–Crippen MR) is 93.0 cm³/mol. The number of hydrogen-bond acceptors (Lipinski definition) is 4. The summed E-state index contributed by atoms with van der Waals surface area (Å²) in [5.74, 6) is -0.231. The van der Waals surface area contributed by atoms with Gasteiger partial charge in [-0.3, -0.25) is 24.3 Å². The first-order valence-corrected chi connectivity index (χ1v) is 7.92. The summed E-state index contributed by atoms with van der Waals surface area (Å²) in [5, 5.41) is 10.8. The number of rotatable bonds is 4. The van der Waals surface area contributed by atoms with Crippen molar-refractivity contribution in [1.29, 1.82) is 0 Å². The molecular weight excluding hydrogens is 322 g/mol. The van der Waals surface area contributed by atoms with Crippen molar-refractivity contribution in [2.75, 3.05) is 13.1 Å². The topological polar surface area (TPSA) is 85.5 Å². The van der Waals surface area contributed by atoms with Crippen LogP contribution in [0.2, 0.25) is 0 Å². The summed E-state index contributed by atoms with van der Waals surface area (Å²) in [6, 6.07) is 12.2. The quantitative estimate of drug-likeness (QED) is 0.630. The molecule has 7 heteroatoms. The molecule has 2 aromatic rings. The SMILES string of the molecule is O=C(Cn1cc([N+](=O)[O-])ccc1=O)N1CC=C(c2ccccc2)CC1. The van der Waals surface area contributed by atoms with Crippen LogP contribution in [-0.2, 0) is 11.3 Å². The molecule has 3 rings (SSSR count). The lowest BCUT2D eigenvalue weighted by molar-refractivity contribution is -0.385. The van der Waals surface area contributed by atoms with Crippen LogP contribution in [0, 0.1) is 10.1 Å². The average Bonchev–Trinajstić information content (AvgIpc) is 2.64. The highest BCUT2D eigenvalue weighted by atomic mass is 16.6. The first-order valence-electron chi connectivity index (χ1n) is 7.92. The number of amides is 1. The summed E-state index contributed by atoms with van der Waals surface area (Å²) in [6.07, 6.45) is 3.85. The minimum atomic E-state index is -0.587. The van der Waals surface area contributed by atoms with E-state index in [4.69, 9.17) is 0 Å². The third kappa shape index (κ3) is 3.82. The molecule has 0 saturated carbocycles. The molecule has 0 spiro atoms. The Bertz CT molecular complexity index is 887. The molecule has 2 heterocycles. The van der Waals surface area contributed by atoms with E-state index in [1.165, 1.54) is 5.57 Å². The van der Waals surface area contributed by atoms with E-state index >= 15 is 0 Å². The number of aromatic nitrogens is 1. The molecule has 0 bridgehead atoms. The number of carbonyl (C=O) groups is 1. The van der Waals surface area contributed by atoms with E-state index in [-0.39, 0.29) is 18.1 Å². The van der Waals surface area contributed by atoms with E-state index in [9.17, 15) is 19.7 Å². The largest absolute Gasteiger partial charge is 0.337 e. The van der Waals surface area contributed by atoms with Gasteiger partial charge in [-0.25, -0.2) is 0 Å². The average molecular weight is 339 g/mol. The van der Waals surface area contributed by atoms with E-state index < -0.39 is 10.5 Å². The Labute approximate surface area is 144 Å². The highest BCUT2D eigenvalue weighted by Gasteiger charge is 2.19. The Morgan fingerprint density at radius 3 is 2.56 bits per heavy atom. The minimum absolute atomic E-state index is 0.199. The highest BCUT2D eigenvalue weighted by molar-refractivity contribution is 5.78. The first kappa shape index (κ1) is 16.6. The second-order valence-corrected chi connectivity index (χ2v) is 5.80. The van der Waals surface area contributed by atoms with Gasteiger partial charge in [0, 0.05) is 25.2 Å². The van der Waals surface area contributed by atoms with Crippen LogP contribution in [0.3, 0.4) is 0 Å². The van der Waals surface area contributed by atoms with Crippen LogP contribution >= 0.6 is 0 Å². The minimum Gasteiger partial charge on any atom is -0.337 e. The smallest absolute Gasteiger partial charge is 0.285 e. The van der Waals surface area contributed by atoms with Crippen molar-refractivity contribution in [1.82, 2.24) is 9.47 Å². The molecule has 0 atom stereocenters. The zero-order chi connectivity index (χ0) is 17.8. The molecule has 0 N–H and O–H groups in total. The fourth-order valence-electron chi connectivity index (χ4n) is 2.81. The summed E-state index contributed by atoms with van der Waals surface area (Å²) < 4.78 is 1.08. The molecule has 1 aliphatic rings. The van der Waals surface area contributed by atoms with Gasteiger partial charge in [0.05, 0.1) is 11.1 Å². The third-order valence-electron chi connectivity index (χ3n) is 4.19. The van der Waals surface area contributed by atoms with Crippen LogP contribution in [0.1, 0.15) is 12.0 Å². The van der Waals surface area contributed by atoms with Crippen LogP contribution in [0.15, 0.2) is 59.5 Å². The summed E-state index contributed by atoms with van der Waals surface area (Å²) >= 11 is 0. The fraction of sp³-hybridized carbons (Fsp3) is 0.222. The van der Waals surface area contributed by atoms with Gasteiger partial charge in [-0.15, -0.1) is 0 Å². The van der Waals surface area contributed by atoms with Crippen molar-refractivity contribution in [3.05, 3.63) is 80.8 Å². The Hall–Kier alpha value is -3.22. The van der Waals surface area contributed by atoms with Crippen molar-refractivity contribution in [2.45, 2.75) is 13.0 Å². The van der Waals surface area contributed by atoms with Crippen molar-refractivity contribution in [2.24, 2.45) is 0 Å². The lowest BCUT2D eigenvalue weighted by Crippen LogP contribution is -2.38. The van der Waals surface area contributed by atoms with E-state index in [2.05, 4.69) is 0 Å². The first-order chi connectivity index (χ1) is 12.0. The lowest BCUT2D eigenvalue weighted by Gasteiger charge is -2.27. The molecule has 0 saturated heterocycles. The number of nitrogens with zero attached hydrogens (tertiary/aromatic N) is 3. The van der Waals surface area contributed by atoms with Gasteiger partial charge in [0.15, 0.2) is 0 Å². The monoisotopic (exact) mass is 339 g/mol. The van der Waals surface area contributed by atoms with E-state index in [0.29, 0.717) is 13.1 Å². The summed E-state index contributed by atoms with van der Waals surface area (Å²) in [4.78, 5) is 36.1. The van der Waals surface area contributed by atoms with Gasteiger partial charge in [0.2, 0.25) is 5.91 Å². The van der Waals surface area contributed by atoms with Gasteiger partial charge in [-0.1, -0.05) is 36.4 Å². The lowest BCUT2D eigenvalue weighted by atomic mass is 9.99. The van der Waals surface area contributed by atoms with Gasteiger partial charge in [-0.2, -0.15) is 0 Å². The molecule has 0 fully saturated rings. The van der Waals surface area contributed by atoms with Gasteiger partial charge < -0.3 is 4.90 Å². The van der Waals surface area contributed by atoms with Crippen LogP contribution in [0.4, 0.5) is 5.69 Å². The fourth-order valence-corrected chi connectivity index (χ4v) is 2.81. The van der Waals surface area contributed by atoms with Crippen molar-refractivity contribution >= 4 is 17.2 Å². The van der Waals surface area contributed by atoms with Gasteiger partial charge in [-0.05, 0) is 17.6 Å². The second kappa shape index (κ2) is 7.12. The van der Waals surface area contributed by atoms with Gasteiger partial charge in [0.25, 0.3) is 11.2 Å². The van der Waals surface area contributed by atoms with Crippen LogP contribution < -0.4 is 5.56 Å². The molecule has 0 radical (unpaired) electrons. The highest BCUT2D eigenvalue weighted by Crippen LogP contribution is 2.22. The maximum Gasteiger partial charge on any atom is 0.285 e. The maximum absolute atomic E-state index is 12.4. The summed E-state index contributed by atoms with van der Waals surface area (Å²) in [6.45, 7) is 0.824. The van der Waals surface area contributed by atoms with Crippen molar-refractivity contribution < 1.29 is 9.72 Å². The summed E-state index contributed by atoms with van der Waals surface area (Å²) in [7, 11) is 0. The molecule has 7 nitrogen and oxygen atoms in total. The predicted octanol–water partition coefficient (Wildman–Crippen LogP) is 2.07. The van der Waals surface area contributed by atoms with Crippen LogP contribution in [-0.4, -0.2) is 33.4 Å². The number of hydrogen-bond donors (Lipinski definition) is 0. The molecule has 128 valence electrons. The number of pyridine rings is 1. The van der Waals surface area contributed by atoms with E-state index in [1.807, 2.05) is 36.4 Å². The van der Waals surface area contributed by atoms with E-state index in [1.54, 1.807) is 4.90 Å². The van der Waals surface area contributed by atoms with Crippen LogP contribution in [0.25, 0.3) is 5.57 Å². The molecule has 0 unspecified atom stereocenters. The van der Waals surface area contributed by atoms with Gasteiger partial charge in [0.1, 0.15) is 6.54 Å². The molecule has 1 aromatic carbocycles. The normalized spacial score (nSPS) is 14.1.